The average molecular weight is 336 g/mol. The third kappa shape index (κ3) is 5.39. The highest BCUT2D eigenvalue weighted by molar-refractivity contribution is 6.60. The molecule has 0 aliphatic carbocycles. The van der Waals surface area contributed by atoms with Gasteiger partial charge in [-0.3, -0.25) is 0 Å². The topological polar surface area (TPSA) is 27.7 Å². The Balaban J connectivity index is 2.39. The summed E-state index contributed by atoms with van der Waals surface area (Å²) in [6.45, 7) is 2.42. The summed E-state index contributed by atoms with van der Waals surface area (Å²) in [5.74, 6) is -3.70. The van der Waals surface area contributed by atoms with E-state index in [1.54, 1.807) is 14.2 Å². The van der Waals surface area contributed by atoms with Crippen molar-refractivity contribution in [2.75, 3.05) is 20.8 Å². The second-order valence-corrected chi connectivity index (χ2v) is 7.93. The summed E-state index contributed by atoms with van der Waals surface area (Å²) < 4.78 is 55.4. The molecule has 0 aliphatic rings. The predicted octanol–water partition coefficient (Wildman–Crippen LogP) is 4.08. The number of halogens is 3. The van der Waals surface area contributed by atoms with Crippen LogP contribution in [0.15, 0.2) is 12.1 Å². The lowest BCUT2D eigenvalue weighted by Crippen LogP contribution is -2.43. The van der Waals surface area contributed by atoms with Crippen molar-refractivity contribution in [2.24, 2.45) is 0 Å². The maximum Gasteiger partial charge on any atom is 0.500 e. The lowest BCUT2D eigenvalue weighted by atomic mass is 10.1. The molecule has 0 aliphatic heterocycles. The van der Waals surface area contributed by atoms with Crippen molar-refractivity contribution in [2.45, 2.75) is 38.7 Å². The number of rotatable bonds is 10. The van der Waals surface area contributed by atoms with E-state index in [2.05, 4.69) is 0 Å². The maximum atomic E-state index is 13.1. The second kappa shape index (κ2) is 9.29. The highest BCUT2D eigenvalue weighted by Crippen LogP contribution is 2.20. The van der Waals surface area contributed by atoms with E-state index in [1.165, 1.54) is 0 Å². The van der Waals surface area contributed by atoms with Crippen LogP contribution in [-0.2, 0) is 19.7 Å². The Kier molecular flexibility index (Phi) is 8.09. The van der Waals surface area contributed by atoms with E-state index in [1.807, 2.05) is 6.92 Å². The van der Waals surface area contributed by atoms with Crippen molar-refractivity contribution in [1.29, 1.82) is 0 Å². The van der Waals surface area contributed by atoms with E-state index >= 15 is 0 Å². The van der Waals surface area contributed by atoms with Gasteiger partial charge in [0.05, 0.1) is 0 Å². The predicted molar refractivity (Wildman–Crippen MR) is 80.1 cm³/mol. The van der Waals surface area contributed by atoms with Gasteiger partial charge in [-0.05, 0) is 43.9 Å². The molecule has 126 valence electrons. The van der Waals surface area contributed by atoms with Crippen LogP contribution in [-0.4, -0.2) is 29.6 Å². The summed E-state index contributed by atoms with van der Waals surface area (Å²) >= 11 is 0. The minimum Gasteiger partial charge on any atom is -0.377 e. The van der Waals surface area contributed by atoms with Crippen LogP contribution in [0.1, 0.15) is 31.7 Å². The van der Waals surface area contributed by atoms with Crippen LogP contribution in [0.2, 0.25) is 6.04 Å². The minimum absolute atomic E-state index is 0.461. The summed E-state index contributed by atoms with van der Waals surface area (Å²) in [5.41, 5.74) is 0.461. The molecule has 1 rings (SSSR count). The third-order valence-electron chi connectivity index (χ3n) is 3.48. The van der Waals surface area contributed by atoms with Gasteiger partial charge in [-0.15, -0.1) is 0 Å². The SMILES string of the molecule is CCO[Si](CCCCCc1cc(F)c(F)c(F)c1)(OC)OC. The molecule has 0 N–H and O–H groups in total. The van der Waals surface area contributed by atoms with E-state index in [0.717, 1.165) is 31.4 Å². The Bertz CT molecular complexity index is 444. The van der Waals surface area contributed by atoms with Gasteiger partial charge in [-0.2, -0.15) is 0 Å². The number of unbranched alkanes of at least 4 members (excludes halogenated alkanes) is 2. The Morgan fingerprint density at radius 3 is 2.05 bits per heavy atom. The van der Waals surface area contributed by atoms with Gasteiger partial charge in [0.1, 0.15) is 0 Å². The van der Waals surface area contributed by atoms with Gasteiger partial charge in [0.2, 0.25) is 0 Å². The van der Waals surface area contributed by atoms with Crippen molar-refractivity contribution in [3.8, 4) is 0 Å². The molecular formula is C15H23F3O3Si. The number of aryl methyl sites for hydroxylation is 1. The van der Waals surface area contributed by atoms with Crippen molar-refractivity contribution >= 4 is 8.80 Å². The van der Waals surface area contributed by atoms with E-state index < -0.39 is 26.3 Å². The van der Waals surface area contributed by atoms with Gasteiger partial charge >= 0.3 is 8.80 Å². The highest BCUT2D eigenvalue weighted by Gasteiger charge is 2.37. The summed E-state index contributed by atoms with van der Waals surface area (Å²) in [6.07, 6.45) is 2.92. The van der Waals surface area contributed by atoms with Gasteiger partial charge in [0.25, 0.3) is 0 Å². The molecule has 0 fully saturated rings. The number of hydrogen-bond donors (Lipinski definition) is 0. The largest absolute Gasteiger partial charge is 0.500 e. The third-order valence-corrected chi connectivity index (χ3v) is 6.42. The molecule has 7 heteroatoms. The quantitative estimate of drug-likeness (QED) is 0.366. The molecule has 0 radical (unpaired) electrons. The van der Waals surface area contributed by atoms with Crippen molar-refractivity contribution in [3.05, 3.63) is 35.1 Å². The number of hydrogen-bond acceptors (Lipinski definition) is 3. The first-order valence-electron chi connectivity index (χ1n) is 7.35. The average Bonchev–Trinajstić information content (AvgIpc) is 2.51. The first kappa shape index (κ1) is 19.2. The molecule has 1 aromatic carbocycles. The molecule has 0 saturated carbocycles. The lowest BCUT2D eigenvalue weighted by Gasteiger charge is -2.25. The normalized spacial score (nSPS) is 11.9. The van der Waals surface area contributed by atoms with Gasteiger partial charge in [0, 0.05) is 26.9 Å². The lowest BCUT2D eigenvalue weighted by molar-refractivity contribution is 0.103. The van der Waals surface area contributed by atoms with Crippen LogP contribution in [0.25, 0.3) is 0 Å². The zero-order chi connectivity index (χ0) is 16.6. The zero-order valence-corrected chi connectivity index (χ0v) is 14.3. The maximum absolute atomic E-state index is 13.1. The monoisotopic (exact) mass is 336 g/mol. The van der Waals surface area contributed by atoms with Crippen LogP contribution in [0.5, 0.6) is 0 Å². The molecule has 0 saturated heterocycles. The molecule has 0 unspecified atom stereocenters. The molecule has 3 nitrogen and oxygen atoms in total. The molecule has 1 aromatic rings. The van der Waals surface area contributed by atoms with Crippen LogP contribution in [0.3, 0.4) is 0 Å². The molecule has 0 atom stereocenters. The standard InChI is InChI=1S/C15H23F3O3Si/c1-4-21-22(19-2,20-3)9-7-5-6-8-12-10-13(16)15(18)14(17)11-12/h10-11H,4-9H2,1-3H3. The van der Waals surface area contributed by atoms with Crippen molar-refractivity contribution < 1.29 is 26.4 Å². The smallest absolute Gasteiger partial charge is 0.377 e. The Morgan fingerprint density at radius 1 is 0.955 bits per heavy atom. The molecule has 0 spiro atoms. The van der Waals surface area contributed by atoms with Gasteiger partial charge < -0.3 is 13.3 Å². The molecule has 22 heavy (non-hydrogen) atoms. The molecule has 0 aromatic heterocycles. The van der Waals surface area contributed by atoms with E-state index in [0.29, 0.717) is 24.6 Å². The highest BCUT2D eigenvalue weighted by atomic mass is 28.4. The minimum atomic E-state index is -2.57. The molecule has 0 amide bonds. The molecular weight excluding hydrogens is 313 g/mol. The zero-order valence-electron chi connectivity index (χ0n) is 13.3. The first-order valence-corrected chi connectivity index (χ1v) is 9.29. The van der Waals surface area contributed by atoms with E-state index in [-0.39, 0.29) is 0 Å². The van der Waals surface area contributed by atoms with Crippen LogP contribution >= 0.6 is 0 Å². The fourth-order valence-electron chi connectivity index (χ4n) is 2.30. The Hall–Kier alpha value is -0.893. The van der Waals surface area contributed by atoms with Crippen LogP contribution in [0.4, 0.5) is 13.2 Å². The first-order chi connectivity index (χ1) is 10.5. The Morgan fingerprint density at radius 2 is 1.55 bits per heavy atom. The van der Waals surface area contributed by atoms with Gasteiger partial charge in [0.15, 0.2) is 17.5 Å². The van der Waals surface area contributed by atoms with Crippen LogP contribution < -0.4 is 0 Å². The van der Waals surface area contributed by atoms with E-state index in [4.69, 9.17) is 13.3 Å². The Labute approximate surface area is 130 Å². The molecule has 0 heterocycles. The summed E-state index contributed by atoms with van der Waals surface area (Å²) in [4.78, 5) is 0. The summed E-state index contributed by atoms with van der Waals surface area (Å²) in [6, 6.07) is 2.78. The van der Waals surface area contributed by atoms with Gasteiger partial charge in [-0.1, -0.05) is 6.42 Å². The van der Waals surface area contributed by atoms with Gasteiger partial charge in [-0.25, -0.2) is 13.2 Å². The fraction of sp³-hybridized carbons (Fsp3) is 0.600. The second-order valence-electron chi connectivity index (χ2n) is 4.96. The van der Waals surface area contributed by atoms with Crippen molar-refractivity contribution in [1.82, 2.24) is 0 Å². The number of benzene rings is 1. The molecule has 0 bridgehead atoms. The van der Waals surface area contributed by atoms with Crippen molar-refractivity contribution in [3.63, 3.8) is 0 Å². The van der Waals surface area contributed by atoms with E-state index in [9.17, 15) is 13.2 Å². The summed E-state index contributed by atoms with van der Waals surface area (Å²) in [5, 5.41) is 0. The van der Waals surface area contributed by atoms with Crippen LogP contribution in [0, 0.1) is 17.5 Å². The fourth-order valence-corrected chi connectivity index (χ4v) is 4.37. The summed E-state index contributed by atoms with van der Waals surface area (Å²) in [7, 11) is 0.590.